The lowest BCUT2D eigenvalue weighted by molar-refractivity contribution is 0.0989. The van der Waals surface area contributed by atoms with Gasteiger partial charge in [0.15, 0.2) is 0 Å². The van der Waals surface area contributed by atoms with Crippen LogP contribution >= 0.6 is 0 Å². The number of rotatable bonds is 10. The van der Waals surface area contributed by atoms with Crippen molar-refractivity contribution in [1.29, 1.82) is 0 Å². The van der Waals surface area contributed by atoms with Crippen LogP contribution in [0.15, 0.2) is 0 Å². The predicted molar refractivity (Wildman–Crippen MR) is 89.4 cm³/mol. The topological polar surface area (TPSA) is 18.5 Å². The van der Waals surface area contributed by atoms with Gasteiger partial charge in [-0.25, -0.2) is 0 Å². The van der Waals surface area contributed by atoms with Crippen molar-refractivity contribution >= 4 is 0 Å². The van der Waals surface area contributed by atoms with E-state index in [-0.39, 0.29) is 0 Å². The lowest BCUT2D eigenvalue weighted by atomic mass is 10.1. The van der Waals surface area contributed by atoms with E-state index in [4.69, 9.17) is 0 Å². The first kappa shape index (κ1) is 17.9. The Bertz CT molecular complexity index is 224. The molecule has 0 aromatic rings. The summed E-state index contributed by atoms with van der Waals surface area (Å²) in [6.45, 7) is 16.7. The molecule has 1 aliphatic rings. The molecule has 1 heterocycles. The first-order valence-corrected chi connectivity index (χ1v) is 8.90. The van der Waals surface area contributed by atoms with Crippen molar-refractivity contribution in [1.82, 2.24) is 15.1 Å². The molecule has 2 unspecified atom stereocenters. The van der Waals surface area contributed by atoms with Crippen LogP contribution in [0.4, 0.5) is 0 Å². The lowest BCUT2D eigenvalue weighted by Crippen LogP contribution is -2.49. The normalized spacial score (nSPS) is 21.0. The number of nitrogens with one attached hydrogen (secondary N) is 1. The van der Waals surface area contributed by atoms with Crippen molar-refractivity contribution in [3.05, 3.63) is 0 Å². The maximum atomic E-state index is 3.66. The standard InChI is InChI=1S/C17H37N3/c1-5-10-18-17(7-3)9-8-11-19-12-14-20(15-13-19)16(4)6-2/h16-18H,5-15H2,1-4H3. The van der Waals surface area contributed by atoms with Crippen LogP contribution in [0, 0.1) is 0 Å². The molecule has 3 heteroatoms. The summed E-state index contributed by atoms with van der Waals surface area (Å²) in [7, 11) is 0. The smallest absolute Gasteiger partial charge is 0.0113 e. The predicted octanol–water partition coefficient (Wildman–Crippen LogP) is 2.96. The van der Waals surface area contributed by atoms with Crippen LogP contribution in [-0.2, 0) is 0 Å². The van der Waals surface area contributed by atoms with Crippen LogP contribution in [0.2, 0.25) is 0 Å². The van der Waals surface area contributed by atoms with Crippen LogP contribution in [0.1, 0.15) is 59.8 Å². The maximum absolute atomic E-state index is 3.66. The molecule has 1 fully saturated rings. The van der Waals surface area contributed by atoms with Gasteiger partial charge in [-0.1, -0.05) is 20.8 Å². The van der Waals surface area contributed by atoms with Crippen LogP contribution in [0.3, 0.4) is 0 Å². The minimum absolute atomic E-state index is 0.733. The molecule has 3 nitrogen and oxygen atoms in total. The molecule has 1 aliphatic heterocycles. The first-order chi connectivity index (χ1) is 9.71. The highest BCUT2D eigenvalue weighted by molar-refractivity contribution is 4.76. The highest BCUT2D eigenvalue weighted by Gasteiger charge is 2.19. The summed E-state index contributed by atoms with van der Waals surface area (Å²) in [5.41, 5.74) is 0. The van der Waals surface area contributed by atoms with E-state index in [2.05, 4.69) is 42.8 Å². The summed E-state index contributed by atoms with van der Waals surface area (Å²) in [6.07, 6.45) is 6.47. The Labute approximate surface area is 127 Å². The van der Waals surface area contributed by atoms with E-state index in [0.29, 0.717) is 0 Å². The monoisotopic (exact) mass is 283 g/mol. The first-order valence-electron chi connectivity index (χ1n) is 8.90. The summed E-state index contributed by atoms with van der Waals surface area (Å²) in [4.78, 5) is 5.31. The molecule has 20 heavy (non-hydrogen) atoms. The molecule has 0 aliphatic carbocycles. The Balaban J connectivity index is 2.11. The Morgan fingerprint density at radius 2 is 1.70 bits per heavy atom. The second-order valence-electron chi connectivity index (χ2n) is 6.34. The fourth-order valence-corrected chi connectivity index (χ4v) is 3.05. The van der Waals surface area contributed by atoms with Crippen molar-refractivity contribution in [3.63, 3.8) is 0 Å². The largest absolute Gasteiger partial charge is 0.314 e. The van der Waals surface area contributed by atoms with Gasteiger partial charge in [0.2, 0.25) is 0 Å². The highest BCUT2D eigenvalue weighted by Crippen LogP contribution is 2.10. The Morgan fingerprint density at radius 1 is 1.00 bits per heavy atom. The van der Waals surface area contributed by atoms with Gasteiger partial charge in [0.25, 0.3) is 0 Å². The maximum Gasteiger partial charge on any atom is 0.0113 e. The van der Waals surface area contributed by atoms with E-state index in [1.807, 2.05) is 0 Å². The van der Waals surface area contributed by atoms with Gasteiger partial charge in [0.1, 0.15) is 0 Å². The van der Waals surface area contributed by atoms with Crippen molar-refractivity contribution in [3.8, 4) is 0 Å². The lowest BCUT2D eigenvalue weighted by Gasteiger charge is -2.38. The molecule has 0 saturated carbocycles. The molecule has 0 spiro atoms. The van der Waals surface area contributed by atoms with E-state index in [1.165, 1.54) is 71.4 Å². The van der Waals surface area contributed by atoms with E-state index in [9.17, 15) is 0 Å². The van der Waals surface area contributed by atoms with E-state index in [1.54, 1.807) is 0 Å². The fourth-order valence-electron chi connectivity index (χ4n) is 3.05. The van der Waals surface area contributed by atoms with E-state index in [0.717, 1.165) is 12.1 Å². The zero-order valence-electron chi connectivity index (χ0n) is 14.3. The van der Waals surface area contributed by atoms with Crippen molar-refractivity contribution in [2.75, 3.05) is 39.3 Å². The minimum Gasteiger partial charge on any atom is -0.314 e. The van der Waals surface area contributed by atoms with Crippen LogP contribution < -0.4 is 5.32 Å². The van der Waals surface area contributed by atoms with Gasteiger partial charge in [-0.2, -0.15) is 0 Å². The zero-order valence-corrected chi connectivity index (χ0v) is 14.3. The number of nitrogens with zero attached hydrogens (tertiary/aromatic N) is 2. The van der Waals surface area contributed by atoms with Gasteiger partial charge < -0.3 is 10.2 Å². The third-order valence-corrected chi connectivity index (χ3v) is 4.82. The van der Waals surface area contributed by atoms with Gasteiger partial charge in [0.05, 0.1) is 0 Å². The fraction of sp³-hybridized carbons (Fsp3) is 1.00. The second-order valence-corrected chi connectivity index (χ2v) is 6.34. The second kappa shape index (κ2) is 10.6. The van der Waals surface area contributed by atoms with Crippen molar-refractivity contribution in [2.24, 2.45) is 0 Å². The van der Waals surface area contributed by atoms with Gasteiger partial charge in [0, 0.05) is 38.3 Å². The third-order valence-electron chi connectivity index (χ3n) is 4.82. The summed E-state index contributed by atoms with van der Waals surface area (Å²) in [5, 5.41) is 3.66. The van der Waals surface area contributed by atoms with Crippen molar-refractivity contribution < 1.29 is 0 Å². The Hall–Kier alpha value is -0.120. The molecule has 0 aromatic heterocycles. The van der Waals surface area contributed by atoms with Crippen molar-refractivity contribution in [2.45, 2.75) is 71.9 Å². The quantitative estimate of drug-likeness (QED) is 0.665. The summed E-state index contributed by atoms with van der Waals surface area (Å²) in [5.74, 6) is 0. The average molecular weight is 284 g/mol. The number of hydrogen-bond acceptors (Lipinski definition) is 3. The van der Waals surface area contributed by atoms with Gasteiger partial charge in [-0.15, -0.1) is 0 Å². The molecule has 1 N–H and O–H groups in total. The molecule has 1 saturated heterocycles. The molecule has 0 amide bonds. The Kier molecular flexibility index (Phi) is 9.49. The van der Waals surface area contributed by atoms with Gasteiger partial charge in [-0.3, -0.25) is 4.90 Å². The van der Waals surface area contributed by atoms with Gasteiger partial charge in [-0.05, 0) is 52.1 Å². The van der Waals surface area contributed by atoms with Gasteiger partial charge >= 0.3 is 0 Å². The molecule has 2 atom stereocenters. The van der Waals surface area contributed by atoms with E-state index < -0.39 is 0 Å². The summed E-state index contributed by atoms with van der Waals surface area (Å²) >= 11 is 0. The minimum atomic E-state index is 0.733. The molecular formula is C17H37N3. The van der Waals surface area contributed by atoms with E-state index >= 15 is 0 Å². The molecule has 120 valence electrons. The highest BCUT2D eigenvalue weighted by atomic mass is 15.3. The van der Waals surface area contributed by atoms with Crippen LogP contribution in [0.5, 0.6) is 0 Å². The van der Waals surface area contributed by atoms with Crippen LogP contribution in [-0.4, -0.2) is 61.2 Å². The molecule has 1 rings (SSSR count). The molecule has 0 radical (unpaired) electrons. The third kappa shape index (κ3) is 6.55. The molecule has 0 bridgehead atoms. The summed E-state index contributed by atoms with van der Waals surface area (Å²) < 4.78 is 0. The number of hydrogen-bond donors (Lipinski definition) is 1. The molecule has 0 aromatic carbocycles. The molecular weight excluding hydrogens is 246 g/mol. The number of piperazine rings is 1. The summed E-state index contributed by atoms with van der Waals surface area (Å²) in [6, 6.07) is 1.50. The zero-order chi connectivity index (χ0) is 14.8. The Morgan fingerprint density at radius 3 is 2.25 bits per heavy atom. The van der Waals surface area contributed by atoms with Crippen LogP contribution in [0.25, 0.3) is 0 Å². The average Bonchev–Trinajstić information content (AvgIpc) is 2.50. The SMILES string of the molecule is CCCNC(CC)CCCN1CCN(C(C)CC)CC1.